The van der Waals surface area contributed by atoms with Gasteiger partial charge >= 0.3 is 0 Å². The van der Waals surface area contributed by atoms with Gasteiger partial charge in [-0.1, -0.05) is 0 Å². The number of nitrogen functional groups attached to an aromatic ring is 1. The molecule has 0 aliphatic rings. The third kappa shape index (κ3) is 4.63. The van der Waals surface area contributed by atoms with Crippen LogP contribution in [0, 0.1) is 0 Å². The van der Waals surface area contributed by atoms with Crippen molar-refractivity contribution in [2.24, 2.45) is 0 Å². The highest BCUT2D eigenvalue weighted by Gasteiger charge is 2.12. The highest BCUT2D eigenvalue weighted by Crippen LogP contribution is 2.17. The molecule has 0 aliphatic carbocycles. The van der Waals surface area contributed by atoms with Gasteiger partial charge in [0.05, 0.1) is 5.52 Å². The fourth-order valence-electron chi connectivity index (χ4n) is 2.03. The first-order valence-corrected chi connectivity index (χ1v) is 7.05. The number of carbonyl (C=O) groups excluding carboxylic acids is 1. The van der Waals surface area contributed by atoms with Crippen LogP contribution >= 0.6 is 0 Å². The minimum Gasteiger partial charge on any atom is -0.399 e. The first kappa shape index (κ1) is 15.1. The number of fused-ring (bicyclic) bond motifs is 1. The number of nitrogens with zero attached hydrogens (tertiary/aromatic N) is 1. The Bertz CT molecular complexity index is 646. The second-order valence-corrected chi connectivity index (χ2v) is 6.12. The monoisotopic (exact) mass is 286 g/mol. The molecule has 0 unspecified atom stereocenters. The van der Waals surface area contributed by atoms with E-state index in [1.165, 1.54) is 0 Å². The van der Waals surface area contributed by atoms with E-state index in [2.05, 4.69) is 15.6 Å². The van der Waals surface area contributed by atoms with Gasteiger partial charge < -0.3 is 16.4 Å². The van der Waals surface area contributed by atoms with Gasteiger partial charge in [0.1, 0.15) is 5.82 Å². The maximum absolute atomic E-state index is 11.7. The van der Waals surface area contributed by atoms with E-state index in [0.29, 0.717) is 13.0 Å². The van der Waals surface area contributed by atoms with Crippen molar-refractivity contribution in [2.45, 2.75) is 32.7 Å². The molecule has 1 aromatic carbocycles. The summed E-state index contributed by atoms with van der Waals surface area (Å²) in [5.74, 6) is 0.791. The van der Waals surface area contributed by atoms with Crippen molar-refractivity contribution in [1.29, 1.82) is 0 Å². The van der Waals surface area contributed by atoms with Gasteiger partial charge in [0.15, 0.2) is 0 Å². The number of amides is 1. The Balaban J connectivity index is 1.92. The van der Waals surface area contributed by atoms with Crippen molar-refractivity contribution in [3.05, 3.63) is 30.3 Å². The minimum atomic E-state index is -0.196. The van der Waals surface area contributed by atoms with E-state index in [-0.39, 0.29) is 11.4 Å². The Labute approximate surface area is 124 Å². The molecule has 2 rings (SSSR count). The zero-order valence-corrected chi connectivity index (χ0v) is 12.7. The lowest BCUT2D eigenvalue weighted by atomic mass is 10.1. The fraction of sp³-hybridized carbons (Fsp3) is 0.375. The predicted molar refractivity (Wildman–Crippen MR) is 87.2 cm³/mol. The van der Waals surface area contributed by atoms with Gasteiger partial charge in [-0.15, -0.1) is 0 Å². The number of hydrogen-bond acceptors (Lipinski definition) is 4. The molecule has 0 aliphatic heterocycles. The molecule has 1 aromatic heterocycles. The number of hydrogen-bond donors (Lipinski definition) is 3. The van der Waals surface area contributed by atoms with E-state index in [9.17, 15) is 4.79 Å². The molecule has 0 spiro atoms. The normalized spacial score (nSPS) is 11.4. The highest BCUT2D eigenvalue weighted by molar-refractivity contribution is 5.83. The van der Waals surface area contributed by atoms with E-state index in [0.717, 1.165) is 22.4 Å². The Morgan fingerprint density at radius 1 is 1.24 bits per heavy atom. The predicted octanol–water partition coefficient (Wildman–Crippen LogP) is 2.53. The van der Waals surface area contributed by atoms with Crippen LogP contribution in [0.4, 0.5) is 11.5 Å². The Morgan fingerprint density at radius 2 is 2.00 bits per heavy atom. The van der Waals surface area contributed by atoms with Gasteiger partial charge in [-0.2, -0.15) is 0 Å². The number of nitrogens with one attached hydrogen (secondary N) is 2. The quantitative estimate of drug-likeness (QED) is 0.755. The Morgan fingerprint density at radius 3 is 2.71 bits per heavy atom. The van der Waals surface area contributed by atoms with Gasteiger partial charge in [0.25, 0.3) is 0 Å². The van der Waals surface area contributed by atoms with E-state index in [1.54, 1.807) is 0 Å². The summed E-state index contributed by atoms with van der Waals surface area (Å²) >= 11 is 0. The van der Waals surface area contributed by atoms with Crippen LogP contribution < -0.4 is 16.4 Å². The number of benzene rings is 1. The van der Waals surface area contributed by atoms with Crippen LogP contribution in [0.25, 0.3) is 10.9 Å². The van der Waals surface area contributed by atoms with Crippen molar-refractivity contribution in [3.63, 3.8) is 0 Å². The van der Waals surface area contributed by atoms with Crippen LogP contribution in [0.15, 0.2) is 30.3 Å². The molecular weight excluding hydrogens is 264 g/mol. The largest absolute Gasteiger partial charge is 0.399 e. The lowest BCUT2D eigenvalue weighted by Gasteiger charge is -2.20. The summed E-state index contributed by atoms with van der Waals surface area (Å²) in [4.78, 5) is 16.2. The highest BCUT2D eigenvalue weighted by atomic mass is 16.1. The molecule has 1 amide bonds. The number of pyridine rings is 1. The Kier molecular flexibility index (Phi) is 4.31. The second-order valence-electron chi connectivity index (χ2n) is 6.12. The molecule has 0 bridgehead atoms. The summed E-state index contributed by atoms with van der Waals surface area (Å²) in [6.45, 7) is 6.45. The first-order chi connectivity index (χ1) is 9.83. The average molecular weight is 286 g/mol. The van der Waals surface area contributed by atoms with Crippen molar-refractivity contribution in [2.75, 3.05) is 17.6 Å². The molecule has 5 heteroatoms. The number of nitrogens with two attached hydrogens (primary N) is 1. The zero-order valence-electron chi connectivity index (χ0n) is 12.7. The second kappa shape index (κ2) is 5.99. The molecule has 112 valence electrons. The zero-order chi connectivity index (χ0) is 15.5. The smallest absolute Gasteiger partial charge is 0.222 e. The summed E-state index contributed by atoms with van der Waals surface area (Å²) in [6, 6.07) is 9.47. The van der Waals surface area contributed by atoms with Crippen molar-refractivity contribution >= 4 is 28.3 Å². The number of carbonyl (C=O) groups is 1. The van der Waals surface area contributed by atoms with E-state index < -0.39 is 0 Å². The summed E-state index contributed by atoms with van der Waals surface area (Å²) in [5, 5.41) is 7.10. The summed E-state index contributed by atoms with van der Waals surface area (Å²) in [7, 11) is 0. The van der Waals surface area contributed by atoms with Crippen LogP contribution in [-0.4, -0.2) is 23.0 Å². The summed E-state index contributed by atoms with van der Waals surface area (Å²) in [5.41, 5.74) is 7.15. The van der Waals surface area contributed by atoms with Crippen molar-refractivity contribution in [1.82, 2.24) is 10.3 Å². The molecule has 4 N–H and O–H groups in total. The van der Waals surface area contributed by atoms with Gasteiger partial charge in [-0.25, -0.2) is 4.98 Å². The van der Waals surface area contributed by atoms with Gasteiger partial charge in [-0.3, -0.25) is 4.79 Å². The standard InChI is InChI=1S/C16H22N4O/c1-16(2,3)20-15(21)8-9-18-14-7-4-11-10-12(17)5-6-13(11)19-14/h4-7,10H,8-9,17H2,1-3H3,(H,18,19)(H,20,21). The summed E-state index contributed by atoms with van der Waals surface area (Å²) < 4.78 is 0. The van der Waals surface area contributed by atoms with E-state index >= 15 is 0 Å². The van der Waals surface area contributed by atoms with E-state index in [4.69, 9.17) is 5.73 Å². The molecular formula is C16H22N4O. The molecule has 0 atom stereocenters. The maximum atomic E-state index is 11.7. The molecule has 21 heavy (non-hydrogen) atoms. The maximum Gasteiger partial charge on any atom is 0.222 e. The molecule has 5 nitrogen and oxygen atoms in total. The molecule has 0 saturated heterocycles. The SMILES string of the molecule is CC(C)(C)NC(=O)CCNc1ccc2cc(N)ccc2n1. The fourth-order valence-corrected chi connectivity index (χ4v) is 2.03. The van der Waals surface area contributed by atoms with Crippen LogP contribution in [-0.2, 0) is 4.79 Å². The van der Waals surface area contributed by atoms with Crippen LogP contribution in [0.2, 0.25) is 0 Å². The molecule has 0 saturated carbocycles. The van der Waals surface area contributed by atoms with Crippen LogP contribution in [0.3, 0.4) is 0 Å². The molecule has 2 aromatic rings. The Hall–Kier alpha value is -2.30. The molecule has 0 fully saturated rings. The number of aromatic nitrogens is 1. The first-order valence-electron chi connectivity index (χ1n) is 7.05. The van der Waals surface area contributed by atoms with Gasteiger partial charge in [0, 0.05) is 29.6 Å². The lowest BCUT2D eigenvalue weighted by Crippen LogP contribution is -2.41. The lowest BCUT2D eigenvalue weighted by molar-refractivity contribution is -0.122. The van der Waals surface area contributed by atoms with Crippen LogP contribution in [0.1, 0.15) is 27.2 Å². The number of anilines is 2. The summed E-state index contributed by atoms with van der Waals surface area (Å²) in [6.07, 6.45) is 0.415. The van der Waals surface area contributed by atoms with Crippen LogP contribution in [0.5, 0.6) is 0 Å². The van der Waals surface area contributed by atoms with Crippen molar-refractivity contribution in [3.8, 4) is 0 Å². The van der Waals surface area contributed by atoms with Crippen molar-refractivity contribution < 1.29 is 4.79 Å². The molecule has 1 heterocycles. The van der Waals surface area contributed by atoms with Gasteiger partial charge in [0.2, 0.25) is 5.91 Å². The van der Waals surface area contributed by atoms with Gasteiger partial charge in [-0.05, 0) is 51.1 Å². The number of rotatable bonds is 4. The topological polar surface area (TPSA) is 80.0 Å². The third-order valence-corrected chi connectivity index (χ3v) is 2.89. The molecule has 0 radical (unpaired) electrons. The third-order valence-electron chi connectivity index (χ3n) is 2.89. The van der Waals surface area contributed by atoms with E-state index in [1.807, 2.05) is 51.1 Å². The average Bonchev–Trinajstić information content (AvgIpc) is 2.36. The minimum absolute atomic E-state index is 0.0311.